The molecule has 0 radical (unpaired) electrons. The van der Waals surface area contributed by atoms with Gasteiger partial charge in [-0.15, -0.1) is 0 Å². The van der Waals surface area contributed by atoms with E-state index in [1.807, 2.05) is 0 Å². The Bertz CT molecular complexity index is 1320. The van der Waals surface area contributed by atoms with Crippen molar-refractivity contribution in [2.75, 3.05) is 18.4 Å². The summed E-state index contributed by atoms with van der Waals surface area (Å²) in [6.07, 6.45) is 9.74. The van der Waals surface area contributed by atoms with Crippen LogP contribution in [0.4, 0.5) is 16.2 Å². The summed E-state index contributed by atoms with van der Waals surface area (Å²) in [5.41, 5.74) is -0.625. The van der Waals surface area contributed by atoms with Crippen LogP contribution in [-0.2, 0) is 14.8 Å². The Kier molecular flexibility index (Phi) is 6.58. The van der Waals surface area contributed by atoms with Gasteiger partial charge in [-0.05, 0) is 58.6 Å². The van der Waals surface area contributed by atoms with Crippen LogP contribution >= 0.6 is 0 Å². The van der Waals surface area contributed by atoms with Crippen molar-refractivity contribution in [3.63, 3.8) is 0 Å². The van der Waals surface area contributed by atoms with Gasteiger partial charge in [-0.3, -0.25) is 10.1 Å². The van der Waals surface area contributed by atoms with E-state index in [1.165, 1.54) is 12.3 Å². The zero-order valence-electron chi connectivity index (χ0n) is 19.9. The Morgan fingerprint density at radius 2 is 2.09 bits per heavy atom. The molecule has 12 heteroatoms. The number of amides is 1. The molecule has 0 unspecified atom stereocenters. The predicted molar refractivity (Wildman–Crippen MR) is 132 cm³/mol. The maximum atomic E-state index is 13.2. The lowest BCUT2D eigenvalue weighted by Gasteiger charge is -2.34. The highest BCUT2D eigenvalue weighted by atomic mass is 32.2. The summed E-state index contributed by atoms with van der Waals surface area (Å²) in [5.74, 6) is 0. The molecule has 1 fully saturated rings. The van der Waals surface area contributed by atoms with Gasteiger partial charge in [-0.25, -0.2) is 22.2 Å². The van der Waals surface area contributed by atoms with Crippen molar-refractivity contribution in [1.82, 2.24) is 13.9 Å². The molecule has 0 spiro atoms. The second-order valence-corrected chi connectivity index (χ2v) is 11.4. The fraction of sp³-hybridized carbons (Fsp3) is 0.478. The van der Waals surface area contributed by atoms with Crippen molar-refractivity contribution >= 4 is 38.5 Å². The molecule has 0 bridgehead atoms. The largest absolute Gasteiger partial charge is 0.444 e. The van der Waals surface area contributed by atoms with Gasteiger partial charge in [0, 0.05) is 25.3 Å². The second-order valence-electron chi connectivity index (χ2n) is 9.63. The highest BCUT2D eigenvalue weighted by Crippen LogP contribution is 2.35. The van der Waals surface area contributed by atoms with Crippen molar-refractivity contribution in [2.45, 2.75) is 58.1 Å². The maximum absolute atomic E-state index is 13.2. The highest BCUT2D eigenvalue weighted by molar-refractivity contribution is 7.94. The summed E-state index contributed by atoms with van der Waals surface area (Å²) >= 11 is 0. The molecular weight excluding hydrogens is 474 g/mol. The molecule has 4 rings (SSSR count). The van der Waals surface area contributed by atoms with Crippen LogP contribution in [-0.4, -0.2) is 58.0 Å². The van der Waals surface area contributed by atoms with Gasteiger partial charge >= 0.3 is 11.8 Å². The molecule has 1 amide bonds. The van der Waals surface area contributed by atoms with Crippen molar-refractivity contribution in [3.05, 3.63) is 51.7 Å². The highest BCUT2D eigenvalue weighted by Gasteiger charge is 2.31. The number of hydrogen-bond acceptors (Lipinski definition) is 8. The lowest BCUT2D eigenvalue weighted by Crippen LogP contribution is -2.47. The van der Waals surface area contributed by atoms with E-state index in [0.29, 0.717) is 37.7 Å². The van der Waals surface area contributed by atoms with Crippen molar-refractivity contribution < 1.29 is 22.9 Å². The summed E-state index contributed by atoms with van der Waals surface area (Å²) in [6, 6.07) is 1.22. The summed E-state index contributed by atoms with van der Waals surface area (Å²) in [4.78, 5) is 29.6. The minimum Gasteiger partial charge on any atom is -0.444 e. The van der Waals surface area contributed by atoms with Crippen LogP contribution in [0.1, 0.15) is 46.5 Å². The summed E-state index contributed by atoms with van der Waals surface area (Å²) in [6.45, 7) is 6.20. The molecule has 11 nitrogen and oxygen atoms in total. The van der Waals surface area contributed by atoms with E-state index in [0.717, 1.165) is 16.6 Å². The van der Waals surface area contributed by atoms with E-state index in [4.69, 9.17) is 4.74 Å². The maximum Gasteiger partial charge on any atom is 0.410 e. The quantitative estimate of drug-likeness (QED) is 0.474. The number of fused-ring (bicyclic) bond motifs is 1. The molecule has 1 N–H and O–H groups in total. The number of rotatable bonds is 5. The molecule has 1 atom stereocenters. The Hall–Kier alpha value is -3.41. The molecule has 35 heavy (non-hydrogen) atoms. The first-order chi connectivity index (χ1) is 16.5. The third-order valence-electron chi connectivity index (χ3n) is 5.80. The minimum absolute atomic E-state index is 0.0952. The number of piperidine rings is 1. The van der Waals surface area contributed by atoms with Gasteiger partial charge in [0.15, 0.2) is 5.65 Å². The molecule has 1 aliphatic heterocycles. The third-order valence-corrected chi connectivity index (χ3v) is 7.51. The summed E-state index contributed by atoms with van der Waals surface area (Å²) < 4.78 is 32.9. The second kappa shape index (κ2) is 9.33. The average Bonchev–Trinajstić information content (AvgIpc) is 3.24. The van der Waals surface area contributed by atoms with Gasteiger partial charge in [0.25, 0.3) is 10.0 Å². The van der Waals surface area contributed by atoms with Gasteiger partial charge in [-0.2, -0.15) is 0 Å². The van der Waals surface area contributed by atoms with Gasteiger partial charge in [-0.1, -0.05) is 12.2 Å². The van der Waals surface area contributed by atoms with E-state index in [9.17, 15) is 23.3 Å². The van der Waals surface area contributed by atoms with E-state index in [-0.39, 0.29) is 28.0 Å². The van der Waals surface area contributed by atoms with Crippen LogP contribution in [0.25, 0.3) is 11.0 Å². The SMILES string of the molecule is CC(C)(C)OC(=O)N1CCC[C@@H](Nc2c([N+](=O)[O-])cnc3c2ccn3S(=O)(=O)C2=CCCC=C2)C1. The number of nitrogens with one attached hydrogen (secondary N) is 1. The molecule has 2 aromatic rings. The molecule has 0 saturated carbocycles. The van der Waals surface area contributed by atoms with Crippen LogP contribution in [0.15, 0.2) is 41.6 Å². The monoisotopic (exact) mass is 503 g/mol. The zero-order chi connectivity index (χ0) is 25.4. The molecule has 3 heterocycles. The molecule has 188 valence electrons. The molecule has 1 saturated heterocycles. The fourth-order valence-electron chi connectivity index (χ4n) is 4.22. The first-order valence-corrected chi connectivity index (χ1v) is 12.9. The van der Waals surface area contributed by atoms with Crippen LogP contribution in [0.5, 0.6) is 0 Å². The van der Waals surface area contributed by atoms with Crippen molar-refractivity contribution in [1.29, 1.82) is 0 Å². The van der Waals surface area contributed by atoms with Gasteiger partial charge in [0.1, 0.15) is 17.5 Å². The van der Waals surface area contributed by atoms with Gasteiger partial charge in [0.2, 0.25) is 0 Å². The first-order valence-electron chi connectivity index (χ1n) is 11.5. The molecule has 0 aromatic carbocycles. The van der Waals surface area contributed by atoms with Crippen molar-refractivity contribution in [2.24, 2.45) is 0 Å². The Balaban J connectivity index is 1.67. The number of nitro groups is 1. The number of allylic oxidation sites excluding steroid dienone is 3. The summed E-state index contributed by atoms with van der Waals surface area (Å²) in [5, 5.41) is 15.3. The number of nitrogens with zero attached hydrogens (tertiary/aromatic N) is 4. The van der Waals surface area contributed by atoms with Crippen LogP contribution < -0.4 is 5.32 Å². The van der Waals surface area contributed by atoms with Crippen LogP contribution in [0.3, 0.4) is 0 Å². The fourth-order valence-corrected chi connectivity index (χ4v) is 5.64. The minimum atomic E-state index is -3.90. The lowest BCUT2D eigenvalue weighted by atomic mass is 10.1. The number of likely N-dealkylation sites (tertiary alicyclic amines) is 1. The van der Waals surface area contributed by atoms with E-state index >= 15 is 0 Å². The van der Waals surface area contributed by atoms with Crippen LogP contribution in [0.2, 0.25) is 0 Å². The normalized spacial score (nSPS) is 18.9. The van der Waals surface area contributed by atoms with Gasteiger partial charge in [0.05, 0.1) is 15.2 Å². The number of carbonyl (C=O) groups excluding carboxylic acids is 1. The molecular formula is C23H29N5O6S. The first kappa shape index (κ1) is 24.7. The van der Waals surface area contributed by atoms with Crippen LogP contribution in [0, 0.1) is 10.1 Å². The zero-order valence-corrected chi connectivity index (χ0v) is 20.7. The number of hydrogen-bond donors (Lipinski definition) is 1. The average molecular weight is 504 g/mol. The van der Waals surface area contributed by atoms with E-state index in [2.05, 4.69) is 10.3 Å². The third kappa shape index (κ3) is 5.16. The Morgan fingerprint density at radius 1 is 1.31 bits per heavy atom. The number of ether oxygens (including phenoxy) is 1. The van der Waals surface area contributed by atoms with Crippen molar-refractivity contribution in [3.8, 4) is 0 Å². The summed E-state index contributed by atoms with van der Waals surface area (Å²) in [7, 11) is -3.90. The topological polar surface area (TPSA) is 137 Å². The lowest BCUT2D eigenvalue weighted by molar-refractivity contribution is -0.384. The smallest absolute Gasteiger partial charge is 0.410 e. The van der Waals surface area contributed by atoms with E-state index in [1.54, 1.807) is 43.9 Å². The Morgan fingerprint density at radius 3 is 2.74 bits per heavy atom. The van der Waals surface area contributed by atoms with E-state index < -0.39 is 26.6 Å². The Labute approximate surface area is 203 Å². The van der Waals surface area contributed by atoms with Gasteiger partial charge < -0.3 is 15.0 Å². The number of anilines is 1. The number of pyridine rings is 1. The molecule has 2 aromatic heterocycles. The molecule has 2 aliphatic rings. The number of aromatic nitrogens is 2. The number of carbonyl (C=O) groups is 1. The standard InChI is InChI=1S/C23H29N5O6S/c1-23(2,3)34-22(29)26-12-7-8-16(15-26)25-20-18-11-13-27(21(18)24-14-19(20)28(30)31)35(32,33)17-9-5-4-6-10-17/h5,9-11,13-14,16H,4,6-8,12,15H2,1-3H3,(H,24,25)/t16-/m1/s1. The molecule has 1 aliphatic carbocycles. The predicted octanol–water partition coefficient (Wildman–Crippen LogP) is 4.17.